The van der Waals surface area contributed by atoms with Crippen LogP contribution >= 0.6 is 0 Å². The van der Waals surface area contributed by atoms with Gasteiger partial charge in [0.25, 0.3) is 5.91 Å². The Morgan fingerprint density at radius 1 is 1.07 bits per heavy atom. The molecule has 1 aliphatic heterocycles. The van der Waals surface area contributed by atoms with E-state index in [9.17, 15) is 18.3 Å². The Bertz CT molecular complexity index is 1320. The number of amides is 1. The van der Waals surface area contributed by atoms with Crippen molar-refractivity contribution in [2.24, 2.45) is 20.5 Å². The van der Waals surface area contributed by atoms with Crippen LogP contribution in [0.3, 0.4) is 0 Å². The average molecular weight is 423 g/mol. The zero-order valence-corrected chi connectivity index (χ0v) is 16.6. The van der Waals surface area contributed by atoms with Gasteiger partial charge < -0.3 is 5.11 Å². The number of hydrogen-bond acceptors (Lipinski definition) is 7. The lowest BCUT2D eigenvalue weighted by Gasteiger charge is -2.12. The Balaban J connectivity index is 1.74. The number of sulfonamides is 1. The largest absolute Gasteiger partial charge is 0.506 e. The summed E-state index contributed by atoms with van der Waals surface area (Å²) in [6.45, 7) is 1.66. The molecule has 30 heavy (non-hydrogen) atoms. The summed E-state index contributed by atoms with van der Waals surface area (Å²) in [6.07, 6.45) is 0. The molecule has 1 atom stereocenters. The van der Waals surface area contributed by atoms with Crippen molar-refractivity contribution >= 4 is 43.8 Å². The summed E-state index contributed by atoms with van der Waals surface area (Å²) in [7, 11) is -4.07. The highest BCUT2D eigenvalue weighted by molar-refractivity contribution is 7.89. The second-order valence-electron chi connectivity index (χ2n) is 6.68. The number of primary sulfonamides is 1. The normalized spacial score (nSPS) is 17.1. The second kappa shape index (κ2) is 7.32. The molecule has 3 N–H and O–H groups in total. The number of carbonyl (C=O) groups excluding carboxylic acids is 1. The van der Waals surface area contributed by atoms with E-state index in [4.69, 9.17) is 5.14 Å². The van der Waals surface area contributed by atoms with Crippen LogP contribution in [0.2, 0.25) is 0 Å². The van der Waals surface area contributed by atoms with Crippen molar-refractivity contribution in [2.75, 3.05) is 5.01 Å². The van der Waals surface area contributed by atoms with Crippen LogP contribution in [0, 0.1) is 0 Å². The topological polar surface area (TPSA) is 138 Å². The Morgan fingerprint density at radius 2 is 1.70 bits per heavy atom. The summed E-state index contributed by atoms with van der Waals surface area (Å²) in [4.78, 5) is 12.5. The number of rotatable bonds is 4. The van der Waals surface area contributed by atoms with Gasteiger partial charge in [0, 0.05) is 16.8 Å². The molecule has 0 bridgehead atoms. The summed E-state index contributed by atoms with van der Waals surface area (Å²) in [6, 6.07) is 15.4. The minimum absolute atomic E-state index is 0.0387. The molecule has 9 nitrogen and oxygen atoms in total. The molecule has 0 radical (unpaired) electrons. The highest BCUT2D eigenvalue weighted by Gasteiger charge is 2.34. The minimum atomic E-state index is -4.07. The lowest BCUT2D eigenvalue weighted by Crippen LogP contribution is -2.29. The first-order valence-corrected chi connectivity index (χ1v) is 10.4. The van der Waals surface area contributed by atoms with Gasteiger partial charge in [0.15, 0.2) is 6.04 Å². The van der Waals surface area contributed by atoms with Gasteiger partial charge in [-0.3, -0.25) is 4.79 Å². The molecule has 0 saturated carbocycles. The minimum Gasteiger partial charge on any atom is -0.506 e. The zero-order valence-electron chi connectivity index (χ0n) is 15.8. The summed E-state index contributed by atoms with van der Waals surface area (Å²) in [5, 5.41) is 30.0. The number of anilines is 1. The predicted molar refractivity (Wildman–Crippen MR) is 112 cm³/mol. The van der Waals surface area contributed by atoms with Gasteiger partial charge in [0.1, 0.15) is 11.4 Å². The lowest BCUT2D eigenvalue weighted by molar-refractivity contribution is -0.117. The number of nitrogens with zero attached hydrogens (tertiary/aromatic N) is 4. The van der Waals surface area contributed by atoms with Gasteiger partial charge in [-0.25, -0.2) is 13.6 Å². The van der Waals surface area contributed by atoms with Crippen molar-refractivity contribution in [1.29, 1.82) is 0 Å². The number of benzene rings is 3. The van der Waals surface area contributed by atoms with Gasteiger partial charge in [-0.1, -0.05) is 42.5 Å². The van der Waals surface area contributed by atoms with Crippen LogP contribution in [0.1, 0.15) is 6.92 Å². The van der Waals surface area contributed by atoms with Crippen molar-refractivity contribution in [3.8, 4) is 5.75 Å². The van der Waals surface area contributed by atoms with E-state index in [2.05, 4.69) is 15.3 Å². The summed E-state index contributed by atoms with van der Waals surface area (Å²) in [5.41, 5.74) is 1.08. The van der Waals surface area contributed by atoms with Gasteiger partial charge in [-0.15, -0.1) is 0 Å². The molecular formula is C20H17N5O4S. The number of hydrazone groups is 1. The first-order valence-electron chi connectivity index (χ1n) is 8.90. The van der Waals surface area contributed by atoms with Crippen molar-refractivity contribution in [2.45, 2.75) is 17.9 Å². The standard InChI is InChI=1S/C20H17N5O4S/c1-12-18(20(27)25(24-12)13-7-3-2-4-8-13)22-23-19-15-10-6-5-9-14(15)17(11-16(19)26)30(21,28)29/h2-11,18,26H,1H3,(H2,21,28,29). The van der Waals surface area contributed by atoms with Crippen LogP contribution in [-0.2, 0) is 14.8 Å². The fraction of sp³-hybridized carbons (Fsp3) is 0.100. The smallest absolute Gasteiger partial charge is 0.280 e. The maximum absolute atomic E-state index is 12.8. The molecule has 1 heterocycles. The van der Waals surface area contributed by atoms with Crippen LogP contribution in [0.15, 0.2) is 80.9 Å². The van der Waals surface area contributed by atoms with E-state index in [1.54, 1.807) is 55.5 Å². The monoisotopic (exact) mass is 423 g/mol. The summed E-state index contributed by atoms with van der Waals surface area (Å²) < 4.78 is 23.8. The number of nitrogens with two attached hydrogens (primary N) is 1. The highest BCUT2D eigenvalue weighted by atomic mass is 32.2. The number of para-hydroxylation sites is 1. The molecule has 1 unspecified atom stereocenters. The first-order chi connectivity index (χ1) is 14.3. The second-order valence-corrected chi connectivity index (χ2v) is 8.21. The molecule has 152 valence electrons. The fourth-order valence-electron chi connectivity index (χ4n) is 3.21. The van der Waals surface area contributed by atoms with E-state index in [1.165, 1.54) is 5.01 Å². The van der Waals surface area contributed by atoms with Crippen LogP contribution in [0.5, 0.6) is 5.75 Å². The average Bonchev–Trinajstić information content (AvgIpc) is 3.00. The van der Waals surface area contributed by atoms with Crippen molar-refractivity contribution in [3.63, 3.8) is 0 Å². The molecule has 0 aromatic heterocycles. The van der Waals surface area contributed by atoms with E-state index < -0.39 is 21.8 Å². The molecule has 1 amide bonds. The molecule has 1 aliphatic rings. The highest BCUT2D eigenvalue weighted by Crippen LogP contribution is 2.39. The Morgan fingerprint density at radius 3 is 2.37 bits per heavy atom. The van der Waals surface area contributed by atoms with Crippen LogP contribution in [0.25, 0.3) is 10.8 Å². The number of carbonyl (C=O) groups is 1. The van der Waals surface area contributed by atoms with Crippen molar-refractivity contribution < 1.29 is 18.3 Å². The third-order valence-corrected chi connectivity index (χ3v) is 5.59. The van der Waals surface area contributed by atoms with E-state index in [1.807, 2.05) is 6.07 Å². The fourth-order valence-corrected chi connectivity index (χ4v) is 3.97. The number of phenols is 1. The molecule has 3 aromatic rings. The quantitative estimate of drug-likeness (QED) is 0.623. The number of aromatic hydroxyl groups is 1. The Hall–Kier alpha value is -3.63. The third kappa shape index (κ3) is 3.42. The van der Waals surface area contributed by atoms with Gasteiger partial charge in [0.2, 0.25) is 10.0 Å². The molecule has 0 saturated heterocycles. The van der Waals surface area contributed by atoms with Crippen molar-refractivity contribution in [1.82, 2.24) is 0 Å². The Labute approximate surface area is 172 Å². The van der Waals surface area contributed by atoms with E-state index in [0.29, 0.717) is 22.2 Å². The molecule has 3 aromatic carbocycles. The maximum Gasteiger partial charge on any atom is 0.280 e. The van der Waals surface area contributed by atoms with Crippen LogP contribution in [-0.4, -0.2) is 31.2 Å². The third-order valence-electron chi connectivity index (χ3n) is 4.63. The summed E-state index contributed by atoms with van der Waals surface area (Å²) >= 11 is 0. The summed E-state index contributed by atoms with van der Waals surface area (Å²) in [5.74, 6) is -0.797. The van der Waals surface area contributed by atoms with Gasteiger partial charge in [-0.05, 0) is 19.1 Å². The molecule has 0 fully saturated rings. The predicted octanol–water partition coefficient (Wildman–Crippen LogP) is 3.07. The maximum atomic E-state index is 12.8. The van der Waals surface area contributed by atoms with Gasteiger partial charge >= 0.3 is 0 Å². The van der Waals surface area contributed by atoms with E-state index in [0.717, 1.165) is 6.07 Å². The number of phenolic OH excluding ortho intramolecular Hbond substituents is 1. The zero-order chi connectivity index (χ0) is 21.5. The Kier molecular flexibility index (Phi) is 4.80. The molecule has 0 aliphatic carbocycles. The van der Waals surface area contributed by atoms with E-state index in [-0.39, 0.29) is 16.5 Å². The molecule has 4 rings (SSSR count). The van der Waals surface area contributed by atoms with Crippen LogP contribution < -0.4 is 10.1 Å². The lowest BCUT2D eigenvalue weighted by atomic mass is 10.1. The molecule has 0 spiro atoms. The number of fused-ring (bicyclic) bond motifs is 1. The SMILES string of the molecule is CC1=NN(c2ccccc2)C(=O)C1N=Nc1c(O)cc(S(N)(=O)=O)c2ccccc12. The number of hydrogen-bond donors (Lipinski definition) is 2. The first kappa shape index (κ1) is 19.7. The van der Waals surface area contributed by atoms with Crippen LogP contribution in [0.4, 0.5) is 11.4 Å². The van der Waals surface area contributed by atoms with E-state index >= 15 is 0 Å². The van der Waals surface area contributed by atoms with Gasteiger partial charge in [-0.2, -0.15) is 20.3 Å². The van der Waals surface area contributed by atoms with Crippen molar-refractivity contribution in [3.05, 3.63) is 60.7 Å². The molecule has 10 heteroatoms. The van der Waals surface area contributed by atoms with Gasteiger partial charge in [0.05, 0.1) is 16.3 Å². The molecular weight excluding hydrogens is 406 g/mol. The number of azo groups is 1.